The van der Waals surface area contributed by atoms with E-state index >= 15 is 0 Å². The molecular weight excluding hydrogens is 250 g/mol. The van der Waals surface area contributed by atoms with Crippen molar-refractivity contribution in [3.8, 4) is 12.3 Å². The third-order valence-corrected chi connectivity index (χ3v) is 3.93. The van der Waals surface area contributed by atoms with Crippen molar-refractivity contribution in [1.29, 1.82) is 0 Å². The van der Waals surface area contributed by atoms with Gasteiger partial charge in [0, 0.05) is 12.5 Å². The standard InChI is InChI=1S/C13H17NO5/c1-4-5-17-11(15)14-6-8-10-9(7-14)18-12(2,3)19-13(8,10)16/h1,8-10,16H,5-7H2,2-3H3. The second-order valence-corrected chi connectivity index (χ2v) is 5.71. The molecule has 6 heteroatoms. The highest BCUT2D eigenvalue weighted by atomic mass is 16.8. The topological polar surface area (TPSA) is 68.2 Å². The fourth-order valence-corrected chi connectivity index (χ4v) is 3.24. The average Bonchev–Trinajstić information content (AvgIpc) is 2.89. The number of likely N-dealkylation sites (tertiary alicyclic amines) is 1. The van der Waals surface area contributed by atoms with Crippen LogP contribution < -0.4 is 0 Å². The third kappa shape index (κ3) is 1.89. The molecule has 1 saturated carbocycles. The van der Waals surface area contributed by atoms with E-state index in [1.165, 1.54) is 4.90 Å². The monoisotopic (exact) mass is 267 g/mol. The quantitative estimate of drug-likeness (QED) is 0.685. The van der Waals surface area contributed by atoms with Crippen molar-refractivity contribution in [1.82, 2.24) is 4.90 Å². The Hall–Kier alpha value is -1.29. The van der Waals surface area contributed by atoms with Crippen molar-refractivity contribution in [2.24, 2.45) is 11.8 Å². The summed E-state index contributed by atoms with van der Waals surface area (Å²) in [5.41, 5.74) is 0. The number of carbonyl (C=O) groups excluding carboxylic acids is 1. The second-order valence-electron chi connectivity index (χ2n) is 5.71. The number of nitrogens with zero attached hydrogens (tertiary/aromatic N) is 1. The predicted octanol–water partition coefficient (Wildman–Crippen LogP) is 0.158. The van der Waals surface area contributed by atoms with Crippen molar-refractivity contribution >= 4 is 6.09 Å². The molecule has 1 N–H and O–H groups in total. The highest BCUT2D eigenvalue weighted by Crippen LogP contribution is 2.61. The lowest BCUT2D eigenvalue weighted by Crippen LogP contribution is -2.50. The molecule has 0 bridgehead atoms. The fourth-order valence-electron chi connectivity index (χ4n) is 3.24. The van der Waals surface area contributed by atoms with E-state index in [0.29, 0.717) is 13.1 Å². The van der Waals surface area contributed by atoms with Crippen LogP contribution in [-0.4, -0.2) is 53.5 Å². The van der Waals surface area contributed by atoms with E-state index in [1.807, 2.05) is 0 Å². The summed E-state index contributed by atoms with van der Waals surface area (Å²) in [6.07, 6.45) is 4.35. The van der Waals surface area contributed by atoms with Crippen LogP contribution in [0.15, 0.2) is 0 Å². The second kappa shape index (κ2) is 3.85. The molecule has 3 rings (SSSR count). The highest BCUT2D eigenvalue weighted by Gasteiger charge is 2.75. The van der Waals surface area contributed by atoms with Crippen molar-refractivity contribution in [3.63, 3.8) is 0 Å². The minimum atomic E-state index is -1.17. The maximum atomic E-state index is 11.8. The third-order valence-electron chi connectivity index (χ3n) is 3.93. The summed E-state index contributed by atoms with van der Waals surface area (Å²) in [7, 11) is 0. The lowest BCUT2D eigenvalue weighted by Gasteiger charge is -2.39. The summed E-state index contributed by atoms with van der Waals surface area (Å²) in [6.45, 7) is 4.26. The van der Waals surface area contributed by atoms with Crippen LogP contribution in [0.3, 0.4) is 0 Å². The van der Waals surface area contributed by atoms with Gasteiger partial charge in [-0.05, 0) is 13.8 Å². The number of aliphatic hydroxyl groups is 1. The minimum Gasteiger partial charge on any atom is -0.436 e. The molecule has 4 atom stereocenters. The Bertz CT molecular complexity index is 456. The SMILES string of the molecule is C#CCOC(=O)N1CC2OC(C)(C)OC3(O)C(C1)C23. The van der Waals surface area contributed by atoms with Gasteiger partial charge in [-0.1, -0.05) is 5.92 Å². The first kappa shape index (κ1) is 12.7. The number of amides is 1. The summed E-state index contributed by atoms with van der Waals surface area (Å²) < 4.78 is 16.3. The van der Waals surface area contributed by atoms with E-state index in [2.05, 4.69) is 5.92 Å². The van der Waals surface area contributed by atoms with Crippen LogP contribution in [0, 0.1) is 24.2 Å². The summed E-state index contributed by atoms with van der Waals surface area (Å²) in [6, 6.07) is 0. The van der Waals surface area contributed by atoms with E-state index in [4.69, 9.17) is 20.6 Å². The normalized spacial score (nSPS) is 42.0. The zero-order valence-electron chi connectivity index (χ0n) is 11.0. The molecule has 19 heavy (non-hydrogen) atoms. The van der Waals surface area contributed by atoms with Crippen LogP contribution in [0.25, 0.3) is 0 Å². The van der Waals surface area contributed by atoms with Gasteiger partial charge in [0.2, 0.25) is 0 Å². The molecule has 1 aliphatic carbocycles. The molecule has 6 nitrogen and oxygen atoms in total. The molecule has 2 heterocycles. The number of hydrogen-bond donors (Lipinski definition) is 1. The fraction of sp³-hybridized carbons (Fsp3) is 0.769. The van der Waals surface area contributed by atoms with E-state index in [-0.39, 0.29) is 24.5 Å². The van der Waals surface area contributed by atoms with Crippen LogP contribution >= 0.6 is 0 Å². The van der Waals surface area contributed by atoms with Crippen LogP contribution in [0.5, 0.6) is 0 Å². The maximum Gasteiger partial charge on any atom is 0.410 e. The number of hydrogen-bond acceptors (Lipinski definition) is 5. The Morgan fingerprint density at radius 2 is 2.32 bits per heavy atom. The van der Waals surface area contributed by atoms with Gasteiger partial charge in [0.05, 0.1) is 18.6 Å². The van der Waals surface area contributed by atoms with Crippen LogP contribution in [0.4, 0.5) is 4.79 Å². The molecule has 0 aromatic carbocycles. The molecule has 0 radical (unpaired) electrons. The molecule has 3 aliphatic rings. The molecule has 2 aliphatic heterocycles. The Labute approximate surface area is 111 Å². The minimum absolute atomic E-state index is 0.0544. The largest absolute Gasteiger partial charge is 0.436 e. The highest BCUT2D eigenvalue weighted by molar-refractivity contribution is 5.68. The smallest absolute Gasteiger partial charge is 0.410 e. The molecule has 104 valence electrons. The number of fused-ring (bicyclic) bond motifs is 1. The Kier molecular flexibility index (Phi) is 2.58. The first-order valence-corrected chi connectivity index (χ1v) is 6.33. The van der Waals surface area contributed by atoms with Gasteiger partial charge >= 0.3 is 6.09 Å². The van der Waals surface area contributed by atoms with Gasteiger partial charge in [0.25, 0.3) is 0 Å². The molecule has 0 aromatic heterocycles. The van der Waals surface area contributed by atoms with Gasteiger partial charge in [-0.3, -0.25) is 0 Å². The number of carbonyl (C=O) groups is 1. The zero-order valence-corrected chi connectivity index (χ0v) is 11.0. The number of rotatable bonds is 1. The first-order valence-electron chi connectivity index (χ1n) is 6.33. The van der Waals surface area contributed by atoms with Crippen LogP contribution in [0.1, 0.15) is 13.8 Å². The predicted molar refractivity (Wildman–Crippen MR) is 63.7 cm³/mol. The molecule has 4 unspecified atom stereocenters. The van der Waals surface area contributed by atoms with E-state index in [0.717, 1.165) is 0 Å². The van der Waals surface area contributed by atoms with Crippen molar-refractivity contribution in [2.45, 2.75) is 31.5 Å². The number of piperidine rings is 1. The summed E-state index contributed by atoms with van der Waals surface area (Å²) in [5, 5.41) is 10.4. The van der Waals surface area contributed by atoms with Crippen LogP contribution in [-0.2, 0) is 14.2 Å². The average molecular weight is 267 g/mol. The van der Waals surface area contributed by atoms with Crippen molar-refractivity contribution in [3.05, 3.63) is 0 Å². The number of ether oxygens (including phenoxy) is 3. The van der Waals surface area contributed by atoms with Crippen molar-refractivity contribution < 1.29 is 24.1 Å². The Balaban J connectivity index is 1.73. The molecule has 0 spiro atoms. The Morgan fingerprint density at radius 3 is 3.00 bits per heavy atom. The number of terminal acetylenes is 1. The van der Waals surface area contributed by atoms with Gasteiger partial charge in [0.15, 0.2) is 18.2 Å². The van der Waals surface area contributed by atoms with Gasteiger partial charge in [-0.25, -0.2) is 4.79 Å². The maximum absolute atomic E-state index is 11.8. The molecule has 0 aromatic rings. The van der Waals surface area contributed by atoms with E-state index in [1.54, 1.807) is 13.8 Å². The van der Waals surface area contributed by atoms with Gasteiger partial charge in [0.1, 0.15) is 0 Å². The molecule has 2 saturated heterocycles. The van der Waals surface area contributed by atoms with Gasteiger partial charge in [-0.2, -0.15) is 0 Å². The summed E-state index contributed by atoms with van der Waals surface area (Å²) in [4.78, 5) is 13.3. The summed E-state index contributed by atoms with van der Waals surface area (Å²) >= 11 is 0. The first-order chi connectivity index (χ1) is 8.87. The molecular formula is C13H17NO5. The van der Waals surface area contributed by atoms with Gasteiger partial charge < -0.3 is 24.2 Å². The van der Waals surface area contributed by atoms with E-state index in [9.17, 15) is 9.90 Å². The lowest BCUT2D eigenvalue weighted by atomic mass is 10.1. The molecule has 3 fully saturated rings. The lowest BCUT2D eigenvalue weighted by molar-refractivity contribution is -0.350. The zero-order chi connectivity index (χ0) is 13.8. The van der Waals surface area contributed by atoms with Gasteiger partial charge in [-0.15, -0.1) is 6.42 Å². The van der Waals surface area contributed by atoms with E-state index < -0.39 is 17.7 Å². The van der Waals surface area contributed by atoms with Crippen molar-refractivity contribution in [2.75, 3.05) is 19.7 Å². The molecule has 1 amide bonds. The summed E-state index contributed by atoms with van der Waals surface area (Å²) in [5.74, 6) is 0.0570. The van der Waals surface area contributed by atoms with Crippen LogP contribution in [0.2, 0.25) is 0 Å². The Morgan fingerprint density at radius 1 is 1.58 bits per heavy atom.